The van der Waals surface area contributed by atoms with Gasteiger partial charge in [-0.1, -0.05) is 5.21 Å². The minimum Gasteiger partial charge on any atom is -0.266 e. The van der Waals surface area contributed by atoms with Crippen molar-refractivity contribution in [2.24, 2.45) is 0 Å². The van der Waals surface area contributed by atoms with E-state index < -0.39 is 0 Å². The fraction of sp³-hybridized carbons (Fsp3) is 0.308. The second kappa shape index (κ2) is 4.97. The fourth-order valence-corrected chi connectivity index (χ4v) is 2.50. The molecule has 0 aliphatic rings. The molecule has 19 heavy (non-hydrogen) atoms. The van der Waals surface area contributed by atoms with E-state index in [2.05, 4.69) is 46.1 Å². The predicted molar refractivity (Wildman–Crippen MR) is 75.0 cm³/mol. The molecular weight excluding hydrogens is 258 g/mol. The average Bonchev–Trinajstić information content (AvgIpc) is 3.09. The smallest absolute Gasteiger partial charge is 0.104 e. The number of thiophene rings is 1. The van der Waals surface area contributed by atoms with E-state index in [9.17, 15) is 0 Å². The highest BCUT2D eigenvalue weighted by Gasteiger charge is 2.06. The largest absolute Gasteiger partial charge is 0.266 e. The Labute approximate surface area is 115 Å². The quantitative estimate of drug-likeness (QED) is 0.734. The van der Waals surface area contributed by atoms with Gasteiger partial charge in [0.25, 0.3) is 0 Å². The Morgan fingerprint density at radius 2 is 2.16 bits per heavy atom. The van der Waals surface area contributed by atoms with Crippen molar-refractivity contribution in [3.8, 4) is 11.1 Å². The number of hydrogen-bond acceptors (Lipinski definition) is 4. The van der Waals surface area contributed by atoms with Gasteiger partial charge in [0.2, 0.25) is 0 Å². The minimum atomic E-state index is 0.334. The Bertz CT molecular complexity index is 650. The van der Waals surface area contributed by atoms with E-state index in [0.717, 1.165) is 11.3 Å². The summed E-state index contributed by atoms with van der Waals surface area (Å²) >= 11 is 1.69. The molecule has 0 aliphatic carbocycles. The summed E-state index contributed by atoms with van der Waals surface area (Å²) in [5, 5.41) is 16.8. The molecule has 3 heterocycles. The van der Waals surface area contributed by atoms with Crippen LogP contribution in [0.15, 0.2) is 35.4 Å². The van der Waals surface area contributed by atoms with Crippen molar-refractivity contribution >= 4 is 11.3 Å². The van der Waals surface area contributed by atoms with Gasteiger partial charge in [0, 0.05) is 17.8 Å². The molecule has 0 atom stereocenters. The molecule has 0 radical (unpaired) electrons. The molecule has 3 aromatic rings. The molecule has 0 amide bonds. The Kier molecular flexibility index (Phi) is 3.16. The zero-order valence-electron chi connectivity index (χ0n) is 10.9. The van der Waals surface area contributed by atoms with Crippen LogP contribution in [0.3, 0.4) is 0 Å². The number of nitrogens with zero attached hydrogens (tertiary/aromatic N) is 5. The van der Waals surface area contributed by atoms with Gasteiger partial charge >= 0.3 is 0 Å². The van der Waals surface area contributed by atoms with Crippen molar-refractivity contribution in [3.63, 3.8) is 0 Å². The zero-order valence-corrected chi connectivity index (χ0v) is 11.7. The van der Waals surface area contributed by atoms with Gasteiger partial charge in [-0.2, -0.15) is 16.4 Å². The molecule has 0 unspecified atom stereocenters. The molecule has 0 spiro atoms. The molecule has 0 aromatic carbocycles. The molecule has 98 valence electrons. The average molecular weight is 273 g/mol. The Hall–Kier alpha value is -1.95. The van der Waals surface area contributed by atoms with E-state index in [1.807, 2.05) is 28.0 Å². The lowest BCUT2D eigenvalue weighted by Crippen LogP contribution is -2.01. The second-order valence-corrected chi connectivity index (χ2v) is 5.50. The maximum atomic E-state index is 4.37. The topological polar surface area (TPSA) is 48.5 Å². The van der Waals surface area contributed by atoms with E-state index in [1.165, 1.54) is 5.56 Å². The number of aromatic nitrogens is 5. The van der Waals surface area contributed by atoms with Gasteiger partial charge in [0.1, 0.15) is 5.69 Å². The molecule has 3 rings (SSSR count). The molecular formula is C13H15N5S. The molecule has 0 saturated carbocycles. The lowest BCUT2D eigenvalue weighted by atomic mass is 10.2. The van der Waals surface area contributed by atoms with Crippen LogP contribution in [0.25, 0.3) is 11.1 Å². The summed E-state index contributed by atoms with van der Waals surface area (Å²) in [7, 11) is 0. The van der Waals surface area contributed by atoms with Crippen molar-refractivity contribution in [2.75, 3.05) is 0 Å². The van der Waals surface area contributed by atoms with Crippen LogP contribution in [0.2, 0.25) is 0 Å². The van der Waals surface area contributed by atoms with Crippen LogP contribution in [0.4, 0.5) is 0 Å². The summed E-state index contributed by atoms with van der Waals surface area (Å²) in [5.74, 6) is 0. The van der Waals surface area contributed by atoms with Crippen molar-refractivity contribution in [2.45, 2.75) is 26.4 Å². The van der Waals surface area contributed by atoms with Crippen LogP contribution in [-0.4, -0.2) is 24.8 Å². The lowest BCUT2D eigenvalue weighted by molar-refractivity contribution is 0.514. The summed E-state index contributed by atoms with van der Waals surface area (Å²) < 4.78 is 3.75. The van der Waals surface area contributed by atoms with E-state index in [-0.39, 0.29) is 0 Å². The molecule has 3 aromatic heterocycles. The summed E-state index contributed by atoms with van der Waals surface area (Å²) in [4.78, 5) is 0. The van der Waals surface area contributed by atoms with E-state index in [1.54, 1.807) is 11.3 Å². The van der Waals surface area contributed by atoms with Crippen molar-refractivity contribution < 1.29 is 0 Å². The summed E-state index contributed by atoms with van der Waals surface area (Å²) in [6, 6.07) is 2.43. The summed E-state index contributed by atoms with van der Waals surface area (Å²) in [5.41, 5.74) is 3.27. The van der Waals surface area contributed by atoms with Crippen molar-refractivity contribution in [1.82, 2.24) is 24.8 Å². The highest BCUT2D eigenvalue weighted by molar-refractivity contribution is 7.08. The standard InChI is InChI=1S/C13H15N5S/c1-10(2)18-8-13(15-16-18)7-17-6-12(5-14-17)11-3-4-19-9-11/h3-6,8-10H,7H2,1-2H3. The van der Waals surface area contributed by atoms with E-state index in [0.29, 0.717) is 12.6 Å². The molecule has 0 saturated heterocycles. The van der Waals surface area contributed by atoms with Gasteiger partial charge in [-0.15, -0.1) is 5.10 Å². The van der Waals surface area contributed by atoms with Crippen molar-refractivity contribution in [1.29, 1.82) is 0 Å². The molecule has 0 fully saturated rings. The number of rotatable bonds is 4. The highest BCUT2D eigenvalue weighted by atomic mass is 32.1. The van der Waals surface area contributed by atoms with Gasteiger partial charge in [0.15, 0.2) is 0 Å². The van der Waals surface area contributed by atoms with Gasteiger partial charge in [-0.05, 0) is 36.2 Å². The van der Waals surface area contributed by atoms with Crippen LogP contribution >= 0.6 is 11.3 Å². The zero-order chi connectivity index (χ0) is 13.2. The molecule has 0 N–H and O–H groups in total. The third kappa shape index (κ3) is 2.58. The fourth-order valence-electron chi connectivity index (χ4n) is 1.83. The monoisotopic (exact) mass is 273 g/mol. The summed E-state index contributed by atoms with van der Waals surface area (Å²) in [6.45, 7) is 4.82. The first-order valence-corrected chi connectivity index (χ1v) is 7.12. The van der Waals surface area contributed by atoms with Crippen LogP contribution in [0.1, 0.15) is 25.6 Å². The maximum absolute atomic E-state index is 4.37. The Morgan fingerprint density at radius 3 is 2.84 bits per heavy atom. The minimum absolute atomic E-state index is 0.334. The van der Waals surface area contributed by atoms with Crippen molar-refractivity contribution in [3.05, 3.63) is 41.1 Å². The predicted octanol–water partition coefficient (Wildman–Crippen LogP) is 2.83. The van der Waals surface area contributed by atoms with Crippen LogP contribution in [0.5, 0.6) is 0 Å². The molecule has 0 aliphatic heterocycles. The molecule has 0 bridgehead atoms. The van der Waals surface area contributed by atoms with E-state index >= 15 is 0 Å². The first-order valence-electron chi connectivity index (χ1n) is 6.18. The number of hydrogen-bond donors (Lipinski definition) is 0. The first-order chi connectivity index (χ1) is 9.22. The Morgan fingerprint density at radius 1 is 1.26 bits per heavy atom. The third-order valence-electron chi connectivity index (χ3n) is 2.90. The SMILES string of the molecule is CC(C)n1cc(Cn2cc(-c3ccsc3)cn2)nn1. The first kappa shape index (κ1) is 12.1. The normalized spacial score (nSPS) is 11.3. The Balaban J connectivity index is 1.76. The van der Waals surface area contributed by atoms with E-state index in [4.69, 9.17) is 0 Å². The van der Waals surface area contributed by atoms with Crippen LogP contribution < -0.4 is 0 Å². The third-order valence-corrected chi connectivity index (χ3v) is 3.58. The van der Waals surface area contributed by atoms with Gasteiger partial charge < -0.3 is 0 Å². The highest BCUT2D eigenvalue weighted by Crippen LogP contribution is 2.21. The lowest BCUT2D eigenvalue weighted by Gasteiger charge is -2.01. The summed E-state index contributed by atoms with van der Waals surface area (Å²) in [6.07, 6.45) is 5.89. The van der Waals surface area contributed by atoms with Gasteiger partial charge in [0.05, 0.1) is 18.9 Å². The van der Waals surface area contributed by atoms with Crippen LogP contribution in [0, 0.1) is 0 Å². The van der Waals surface area contributed by atoms with Crippen LogP contribution in [-0.2, 0) is 6.54 Å². The van der Waals surface area contributed by atoms with Gasteiger partial charge in [-0.25, -0.2) is 4.68 Å². The molecule has 6 heteroatoms. The second-order valence-electron chi connectivity index (χ2n) is 4.72. The molecule has 5 nitrogen and oxygen atoms in total. The maximum Gasteiger partial charge on any atom is 0.104 e. The van der Waals surface area contributed by atoms with Gasteiger partial charge in [-0.3, -0.25) is 4.68 Å².